The third kappa shape index (κ3) is 2.66. The van der Waals surface area contributed by atoms with Gasteiger partial charge in [0.05, 0.1) is 13.2 Å². The molecule has 0 aromatic rings. The first-order chi connectivity index (χ1) is 6.10. The molecular formula is C10H21NO2. The molecule has 0 spiro atoms. The lowest BCUT2D eigenvalue weighted by molar-refractivity contribution is 0.111. The number of methoxy groups -OCH3 is 1. The van der Waals surface area contributed by atoms with Crippen molar-refractivity contribution in [2.75, 3.05) is 40.0 Å². The predicted octanol–water partition coefficient (Wildman–Crippen LogP) is 0.583. The SMILES string of the molecule is COC[C@@H]1CN(CCO)CC1(C)C. The van der Waals surface area contributed by atoms with Crippen LogP contribution in [-0.2, 0) is 4.74 Å². The van der Waals surface area contributed by atoms with Crippen molar-refractivity contribution in [2.45, 2.75) is 13.8 Å². The predicted molar refractivity (Wildman–Crippen MR) is 52.7 cm³/mol. The first kappa shape index (κ1) is 11.0. The van der Waals surface area contributed by atoms with Gasteiger partial charge >= 0.3 is 0 Å². The third-order valence-electron chi connectivity index (χ3n) is 3.00. The number of nitrogens with zero attached hydrogens (tertiary/aromatic N) is 1. The second-order valence-corrected chi connectivity index (χ2v) is 4.60. The zero-order chi connectivity index (χ0) is 9.90. The molecular weight excluding hydrogens is 166 g/mol. The van der Waals surface area contributed by atoms with E-state index < -0.39 is 0 Å². The number of aliphatic hydroxyl groups is 1. The highest BCUT2D eigenvalue weighted by Crippen LogP contribution is 2.34. The molecule has 0 saturated carbocycles. The number of β-amino-alcohol motifs (C(OH)–C–C–N with tert-alkyl or cyclic N) is 1. The van der Waals surface area contributed by atoms with Crippen LogP contribution in [0.25, 0.3) is 0 Å². The highest BCUT2D eigenvalue weighted by atomic mass is 16.5. The molecule has 13 heavy (non-hydrogen) atoms. The Morgan fingerprint density at radius 3 is 2.77 bits per heavy atom. The van der Waals surface area contributed by atoms with E-state index in [9.17, 15) is 0 Å². The van der Waals surface area contributed by atoms with E-state index in [2.05, 4.69) is 18.7 Å². The molecule has 78 valence electrons. The van der Waals surface area contributed by atoms with Crippen molar-refractivity contribution in [3.05, 3.63) is 0 Å². The van der Waals surface area contributed by atoms with Gasteiger partial charge in [0.25, 0.3) is 0 Å². The highest BCUT2D eigenvalue weighted by Gasteiger charge is 2.38. The van der Waals surface area contributed by atoms with Crippen LogP contribution in [0.2, 0.25) is 0 Å². The Hall–Kier alpha value is -0.120. The summed E-state index contributed by atoms with van der Waals surface area (Å²) >= 11 is 0. The summed E-state index contributed by atoms with van der Waals surface area (Å²) in [6, 6.07) is 0. The van der Waals surface area contributed by atoms with E-state index in [1.54, 1.807) is 7.11 Å². The van der Waals surface area contributed by atoms with E-state index in [1.165, 1.54) is 0 Å². The monoisotopic (exact) mass is 187 g/mol. The Labute approximate surface area is 80.7 Å². The molecule has 0 bridgehead atoms. The minimum absolute atomic E-state index is 0.260. The maximum Gasteiger partial charge on any atom is 0.0558 e. The van der Waals surface area contributed by atoms with Crippen molar-refractivity contribution in [1.82, 2.24) is 4.90 Å². The van der Waals surface area contributed by atoms with Crippen molar-refractivity contribution >= 4 is 0 Å². The fraction of sp³-hybridized carbons (Fsp3) is 1.00. The summed E-state index contributed by atoms with van der Waals surface area (Å²) in [6.07, 6.45) is 0. The lowest BCUT2D eigenvalue weighted by Gasteiger charge is -2.24. The van der Waals surface area contributed by atoms with Gasteiger partial charge in [0.1, 0.15) is 0 Å². The number of aliphatic hydroxyl groups excluding tert-OH is 1. The molecule has 0 radical (unpaired) electrons. The van der Waals surface area contributed by atoms with Crippen LogP contribution in [-0.4, -0.2) is 50.0 Å². The fourth-order valence-electron chi connectivity index (χ4n) is 2.12. The van der Waals surface area contributed by atoms with E-state index in [0.717, 1.165) is 26.2 Å². The summed E-state index contributed by atoms with van der Waals surface area (Å²) in [7, 11) is 1.75. The maximum atomic E-state index is 8.84. The summed E-state index contributed by atoms with van der Waals surface area (Å²) in [4.78, 5) is 2.31. The minimum Gasteiger partial charge on any atom is -0.395 e. The normalized spacial score (nSPS) is 28.2. The van der Waals surface area contributed by atoms with E-state index in [0.29, 0.717) is 11.3 Å². The molecule has 1 aliphatic rings. The molecule has 1 aliphatic heterocycles. The Morgan fingerprint density at radius 1 is 1.54 bits per heavy atom. The van der Waals surface area contributed by atoms with Crippen molar-refractivity contribution in [3.8, 4) is 0 Å². The van der Waals surface area contributed by atoms with Gasteiger partial charge in [-0.25, -0.2) is 0 Å². The Bertz CT molecular complexity index is 159. The highest BCUT2D eigenvalue weighted by molar-refractivity contribution is 4.90. The molecule has 0 aromatic heterocycles. The van der Waals surface area contributed by atoms with Crippen LogP contribution in [0.4, 0.5) is 0 Å². The molecule has 1 rings (SSSR count). The van der Waals surface area contributed by atoms with Crippen molar-refractivity contribution in [3.63, 3.8) is 0 Å². The van der Waals surface area contributed by atoms with Crippen LogP contribution in [0.1, 0.15) is 13.8 Å². The van der Waals surface area contributed by atoms with Gasteiger partial charge in [-0.3, -0.25) is 0 Å². The lowest BCUT2D eigenvalue weighted by Crippen LogP contribution is -2.26. The zero-order valence-electron chi connectivity index (χ0n) is 8.92. The molecule has 1 saturated heterocycles. The van der Waals surface area contributed by atoms with Gasteiger partial charge in [0.15, 0.2) is 0 Å². The summed E-state index contributed by atoms with van der Waals surface area (Å²) in [6.45, 7) is 8.56. The van der Waals surface area contributed by atoms with Crippen molar-refractivity contribution in [2.24, 2.45) is 11.3 Å². The second kappa shape index (κ2) is 4.40. The molecule has 0 aliphatic carbocycles. The molecule has 3 nitrogen and oxygen atoms in total. The van der Waals surface area contributed by atoms with Crippen molar-refractivity contribution < 1.29 is 9.84 Å². The van der Waals surface area contributed by atoms with Gasteiger partial charge in [-0.1, -0.05) is 13.8 Å². The first-order valence-corrected chi connectivity index (χ1v) is 4.92. The van der Waals surface area contributed by atoms with E-state index in [-0.39, 0.29) is 6.61 Å². The van der Waals surface area contributed by atoms with Crippen LogP contribution >= 0.6 is 0 Å². The standard InChI is InChI=1S/C10H21NO2/c1-10(2)8-11(4-5-12)6-9(10)7-13-3/h9,12H,4-8H2,1-3H3/t9-/m0/s1. The Morgan fingerprint density at radius 2 is 2.23 bits per heavy atom. The van der Waals surface area contributed by atoms with Crippen LogP contribution in [0.3, 0.4) is 0 Å². The lowest BCUT2D eigenvalue weighted by atomic mass is 9.83. The molecule has 0 unspecified atom stereocenters. The van der Waals surface area contributed by atoms with Crippen LogP contribution in [0.5, 0.6) is 0 Å². The van der Waals surface area contributed by atoms with Crippen LogP contribution < -0.4 is 0 Å². The summed E-state index contributed by atoms with van der Waals surface area (Å²) in [5.74, 6) is 0.601. The molecule has 3 heteroatoms. The second-order valence-electron chi connectivity index (χ2n) is 4.60. The van der Waals surface area contributed by atoms with Gasteiger partial charge in [-0.2, -0.15) is 0 Å². The van der Waals surface area contributed by atoms with Gasteiger partial charge < -0.3 is 14.7 Å². The molecule has 1 N–H and O–H groups in total. The van der Waals surface area contributed by atoms with Crippen molar-refractivity contribution in [1.29, 1.82) is 0 Å². The number of rotatable bonds is 4. The van der Waals surface area contributed by atoms with Gasteiger partial charge in [0.2, 0.25) is 0 Å². The average molecular weight is 187 g/mol. The minimum atomic E-state index is 0.260. The van der Waals surface area contributed by atoms with Gasteiger partial charge in [-0.15, -0.1) is 0 Å². The fourth-order valence-corrected chi connectivity index (χ4v) is 2.12. The summed E-state index contributed by atoms with van der Waals surface area (Å²) in [5, 5.41) is 8.84. The summed E-state index contributed by atoms with van der Waals surface area (Å²) in [5.41, 5.74) is 0.325. The smallest absolute Gasteiger partial charge is 0.0558 e. The molecule has 0 aromatic carbocycles. The average Bonchev–Trinajstić information content (AvgIpc) is 2.28. The molecule has 1 fully saturated rings. The van der Waals surface area contributed by atoms with Gasteiger partial charge in [0, 0.05) is 32.7 Å². The number of hydrogen-bond donors (Lipinski definition) is 1. The first-order valence-electron chi connectivity index (χ1n) is 4.92. The number of ether oxygens (including phenoxy) is 1. The topological polar surface area (TPSA) is 32.7 Å². The van der Waals surface area contributed by atoms with E-state index in [4.69, 9.17) is 9.84 Å². The molecule has 1 heterocycles. The third-order valence-corrected chi connectivity index (χ3v) is 3.00. The molecule has 1 atom stereocenters. The van der Waals surface area contributed by atoms with Crippen LogP contribution in [0, 0.1) is 11.3 Å². The van der Waals surface area contributed by atoms with Crippen LogP contribution in [0.15, 0.2) is 0 Å². The quantitative estimate of drug-likeness (QED) is 0.699. The number of likely N-dealkylation sites (tertiary alicyclic amines) is 1. The van der Waals surface area contributed by atoms with Gasteiger partial charge in [-0.05, 0) is 5.41 Å². The number of hydrogen-bond acceptors (Lipinski definition) is 3. The van der Waals surface area contributed by atoms with E-state index in [1.807, 2.05) is 0 Å². The largest absolute Gasteiger partial charge is 0.395 e. The Kier molecular flexibility index (Phi) is 3.71. The zero-order valence-corrected chi connectivity index (χ0v) is 8.92. The molecule has 0 amide bonds. The Balaban J connectivity index is 2.47. The summed E-state index contributed by atoms with van der Waals surface area (Å²) < 4.78 is 5.20. The maximum absolute atomic E-state index is 8.84. The van der Waals surface area contributed by atoms with E-state index >= 15 is 0 Å².